The second-order valence-corrected chi connectivity index (χ2v) is 4.82. The van der Waals surface area contributed by atoms with Gasteiger partial charge in [0.2, 0.25) is 0 Å². The van der Waals surface area contributed by atoms with Crippen LogP contribution in [0, 0.1) is 23.7 Å². The average molecular weight is 152 g/mol. The van der Waals surface area contributed by atoms with Crippen molar-refractivity contribution in [1.29, 1.82) is 0 Å². The van der Waals surface area contributed by atoms with Gasteiger partial charge in [-0.2, -0.15) is 0 Å². The molecule has 3 fully saturated rings. The van der Waals surface area contributed by atoms with Crippen molar-refractivity contribution in [2.24, 2.45) is 23.7 Å². The van der Waals surface area contributed by atoms with Crippen LogP contribution in [0.3, 0.4) is 0 Å². The fraction of sp³-hybridized carbons (Fsp3) is 1.00. The molecule has 0 aliphatic heterocycles. The van der Waals surface area contributed by atoms with Gasteiger partial charge >= 0.3 is 0 Å². The van der Waals surface area contributed by atoms with Gasteiger partial charge in [-0.1, -0.05) is 0 Å². The lowest BCUT2D eigenvalue weighted by Crippen LogP contribution is -2.20. The van der Waals surface area contributed by atoms with E-state index in [2.05, 4.69) is 0 Å². The first-order valence-electron chi connectivity index (χ1n) is 5.02. The number of aliphatic hydroxyl groups excluding tert-OH is 1. The summed E-state index contributed by atoms with van der Waals surface area (Å²) < 4.78 is 0. The minimum Gasteiger partial charge on any atom is -0.393 e. The highest BCUT2D eigenvalue weighted by Crippen LogP contribution is 2.56. The zero-order valence-corrected chi connectivity index (χ0v) is 6.87. The van der Waals surface area contributed by atoms with Gasteiger partial charge in [-0.05, 0) is 55.8 Å². The van der Waals surface area contributed by atoms with Crippen LogP contribution in [-0.2, 0) is 0 Å². The molecule has 1 nitrogen and oxygen atoms in total. The SMILES string of the molecule is OC(C1CC1)C1CC2CC2C1. The van der Waals surface area contributed by atoms with Gasteiger partial charge in [0.25, 0.3) is 0 Å². The Hall–Kier alpha value is -0.0400. The van der Waals surface area contributed by atoms with Gasteiger partial charge in [0.1, 0.15) is 0 Å². The van der Waals surface area contributed by atoms with E-state index in [0.717, 1.165) is 11.8 Å². The third kappa shape index (κ3) is 1.01. The van der Waals surface area contributed by atoms with Gasteiger partial charge in [-0.25, -0.2) is 0 Å². The van der Waals surface area contributed by atoms with Crippen LogP contribution in [0.2, 0.25) is 0 Å². The predicted molar refractivity (Wildman–Crippen MR) is 43.1 cm³/mol. The molecular formula is C10H16O. The lowest BCUT2D eigenvalue weighted by Gasteiger charge is -2.18. The first-order valence-corrected chi connectivity index (χ1v) is 5.02. The van der Waals surface area contributed by atoms with Crippen LogP contribution in [0.15, 0.2) is 0 Å². The molecule has 0 bridgehead atoms. The minimum atomic E-state index is 0.0859. The molecule has 11 heavy (non-hydrogen) atoms. The average Bonchev–Trinajstić information content (AvgIpc) is 2.90. The largest absolute Gasteiger partial charge is 0.393 e. The summed E-state index contributed by atoms with van der Waals surface area (Å²) >= 11 is 0. The van der Waals surface area contributed by atoms with Crippen molar-refractivity contribution in [3.05, 3.63) is 0 Å². The first-order chi connectivity index (χ1) is 5.34. The van der Waals surface area contributed by atoms with E-state index in [4.69, 9.17) is 0 Å². The molecule has 0 saturated heterocycles. The van der Waals surface area contributed by atoms with Gasteiger partial charge in [-0.3, -0.25) is 0 Å². The van der Waals surface area contributed by atoms with Crippen molar-refractivity contribution >= 4 is 0 Å². The van der Waals surface area contributed by atoms with Crippen LogP contribution in [0.25, 0.3) is 0 Å². The summed E-state index contributed by atoms with van der Waals surface area (Å²) in [6.07, 6.45) is 6.86. The second-order valence-electron chi connectivity index (χ2n) is 4.82. The van der Waals surface area contributed by atoms with E-state index >= 15 is 0 Å². The lowest BCUT2D eigenvalue weighted by molar-refractivity contribution is 0.0832. The van der Waals surface area contributed by atoms with E-state index in [1.54, 1.807) is 0 Å². The summed E-state index contributed by atoms with van der Waals surface area (Å²) in [5, 5.41) is 9.83. The molecule has 1 heteroatoms. The molecule has 0 radical (unpaired) electrons. The Morgan fingerprint density at radius 1 is 0.909 bits per heavy atom. The Morgan fingerprint density at radius 2 is 1.55 bits per heavy atom. The van der Waals surface area contributed by atoms with Crippen LogP contribution < -0.4 is 0 Å². The molecule has 3 rings (SSSR count). The molecular weight excluding hydrogens is 136 g/mol. The molecule has 0 spiro atoms. The summed E-state index contributed by atoms with van der Waals surface area (Å²) in [4.78, 5) is 0. The molecule has 1 N–H and O–H groups in total. The molecule has 3 aliphatic rings. The summed E-state index contributed by atoms with van der Waals surface area (Å²) in [5.74, 6) is 3.48. The molecule has 3 unspecified atom stereocenters. The zero-order chi connectivity index (χ0) is 7.42. The van der Waals surface area contributed by atoms with Gasteiger partial charge in [-0.15, -0.1) is 0 Å². The van der Waals surface area contributed by atoms with Gasteiger partial charge in [0.05, 0.1) is 6.10 Å². The molecule has 0 aromatic rings. The normalized spacial score (nSPS) is 50.5. The fourth-order valence-corrected chi connectivity index (χ4v) is 2.86. The van der Waals surface area contributed by atoms with Crippen molar-refractivity contribution in [3.8, 4) is 0 Å². The zero-order valence-electron chi connectivity index (χ0n) is 6.87. The quantitative estimate of drug-likeness (QED) is 0.639. The van der Waals surface area contributed by atoms with E-state index in [0.29, 0.717) is 11.8 Å². The topological polar surface area (TPSA) is 20.2 Å². The van der Waals surface area contributed by atoms with Gasteiger partial charge in [0.15, 0.2) is 0 Å². The standard InChI is InChI=1S/C10H16O/c11-10(6-1-2-6)9-4-7-3-8(7)5-9/h6-11H,1-5H2. The van der Waals surface area contributed by atoms with Crippen LogP contribution in [-0.4, -0.2) is 11.2 Å². The van der Waals surface area contributed by atoms with Crippen molar-refractivity contribution in [2.45, 2.75) is 38.2 Å². The fourth-order valence-electron chi connectivity index (χ4n) is 2.86. The number of aliphatic hydroxyl groups is 1. The molecule has 62 valence electrons. The monoisotopic (exact) mass is 152 g/mol. The second kappa shape index (κ2) is 2.01. The number of rotatable bonds is 2. The number of hydrogen-bond donors (Lipinski definition) is 1. The highest BCUT2D eigenvalue weighted by molar-refractivity contribution is 5.00. The van der Waals surface area contributed by atoms with E-state index in [1.165, 1.54) is 32.1 Å². The van der Waals surface area contributed by atoms with Crippen molar-refractivity contribution in [3.63, 3.8) is 0 Å². The van der Waals surface area contributed by atoms with Crippen molar-refractivity contribution in [1.82, 2.24) is 0 Å². The van der Waals surface area contributed by atoms with E-state index in [9.17, 15) is 5.11 Å². The maximum absolute atomic E-state index is 9.83. The molecule has 0 amide bonds. The van der Waals surface area contributed by atoms with E-state index in [-0.39, 0.29) is 6.10 Å². The molecule has 0 aromatic carbocycles. The number of hydrogen-bond acceptors (Lipinski definition) is 1. The molecule has 3 saturated carbocycles. The highest BCUT2D eigenvalue weighted by Gasteiger charge is 2.49. The molecule has 3 atom stereocenters. The Balaban J connectivity index is 1.61. The summed E-state index contributed by atoms with van der Waals surface area (Å²) in [5.41, 5.74) is 0. The Bertz CT molecular complexity index is 164. The molecule has 0 aromatic heterocycles. The minimum absolute atomic E-state index is 0.0859. The van der Waals surface area contributed by atoms with Crippen molar-refractivity contribution in [2.75, 3.05) is 0 Å². The Labute approximate surface area is 67.8 Å². The molecule has 3 aliphatic carbocycles. The van der Waals surface area contributed by atoms with Crippen molar-refractivity contribution < 1.29 is 5.11 Å². The summed E-state index contributed by atoms with van der Waals surface area (Å²) in [6, 6.07) is 0. The third-order valence-electron chi connectivity index (χ3n) is 3.87. The lowest BCUT2D eigenvalue weighted by atomic mass is 9.94. The Kier molecular flexibility index (Phi) is 1.18. The maximum Gasteiger partial charge on any atom is 0.0596 e. The highest BCUT2D eigenvalue weighted by atomic mass is 16.3. The Morgan fingerprint density at radius 3 is 2.09 bits per heavy atom. The van der Waals surface area contributed by atoms with Gasteiger partial charge in [0, 0.05) is 0 Å². The first kappa shape index (κ1) is 6.47. The molecule has 0 heterocycles. The van der Waals surface area contributed by atoms with Crippen LogP contribution >= 0.6 is 0 Å². The smallest absolute Gasteiger partial charge is 0.0596 e. The van der Waals surface area contributed by atoms with E-state index < -0.39 is 0 Å². The maximum atomic E-state index is 9.83. The van der Waals surface area contributed by atoms with E-state index in [1.807, 2.05) is 0 Å². The van der Waals surface area contributed by atoms with Gasteiger partial charge < -0.3 is 5.11 Å². The third-order valence-corrected chi connectivity index (χ3v) is 3.87. The van der Waals surface area contributed by atoms with Crippen LogP contribution in [0.1, 0.15) is 32.1 Å². The summed E-state index contributed by atoms with van der Waals surface area (Å²) in [7, 11) is 0. The predicted octanol–water partition coefficient (Wildman–Crippen LogP) is 1.80. The summed E-state index contributed by atoms with van der Waals surface area (Å²) in [6.45, 7) is 0. The van der Waals surface area contributed by atoms with Crippen LogP contribution in [0.5, 0.6) is 0 Å². The van der Waals surface area contributed by atoms with Crippen LogP contribution in [0.4, 0.5) is 0 Å². The number of fused-ring (bicyclic) bond motifs is 1.